The molecule has 0 bridgehead atoms. The van der Waals surface area contributed by atoms with E-state index < -0.39 is 0 Å². The molecule has 1 aromatic rings. The average molecular weight is 289 g/mol. The molecule has 2 aliphatic rings. The molecule has 2 amide bonds. The third-order valence-corrected chi connectivity index (χ3v) is 5.62. The van der Waals surface area contributed by atoms with Crippen molar-refractivity contribution in [1.29, 1.82) is 0 Å². The van der Waals surface area contributed by atoms with Crippen molar-refractivity contribution in [3.8, 4) is 0 Å². The summed E-state index contributed by atoms with van der Waals surface area (Å²) < 4.78 is 0. The molecule has 2 heterocycles. The Balaban J connectivity index is 2.06. The number of piperidine rings is 1. The van der Waals surface area contributed by atoms with Gasteiger partial charge in [0.25, 0.3) is 0 Å². The lowest BCUT2D eigenvalue weighted by Gasteiger charge is -2.45. The predicted molar refractivity (Wildman–Crippen MR) is 80.7 cm³/mol. The minimum absolute atomic E-state index is 0.105. The highest BCUT2D eigenvalue weighted by Gasteiger charge is 2.49. The van der Waals surface area contributed by atoms with Gasteiger partial charge in [-0.3, -0.25) is 14.9 Å². The summed E-state index contributed by atoms with van der Waals surface area (Å²) in [7, 11) is 0. The first-order valence-electron chi connectivity index (χ1n) is 7.09. The fourth-order valence-electron chi connectivity index (χ4n) is 3.58. The molecule has 0 radical (unpaired) electrons. The van der Waals surface area contributed by atoms with E-state index in [4.69, 9.17) is 0 Å². The first-order valence-corrected chi connectivity index (χ1v) is 8.25. The Kier molecular flexibility index (Phi) is 3.59. The van der Waals surface area contributed by atoms with Crippen LogP contribution in [0.15, 0.2) is 24.3 Å². The van der Waals surface area contributed by atoms with E-state index in [9.17, 15) is 9.59 Å². The first-order chi connectivity index (χ1) is 9.62. The molecule has 2 saturated heterocycles. The molecule has 1 N–H and O–H groups in total. The van der Waals surface area contributed by atoms with Crippen LogP contribution in [0.25, 0.3) is 0 Å². The van der Waals surface area contributed by atoms with E-state index in [1.165, 1.54) is 0 Å². The summed E-state index contributed by atoms with van der Waals surface area (Å²) in [5.74, 6) is 1.70. The van der Waals surface area contributed by atoms with E-state index in [-0.39, 0.29) is 23.1 Å². The smallest absolute Gasteiger partial charge is 0.234 e. The van der Waals surface area contributed by atoms with Gasteiger partial charge in [-0.05, 0) is 47.8 Å². The second kappa shape index (κ2) is 5.24. The zero-order chi connectivity index (χ0) is 14.2. The van der Waals surface area contributed by atoms with Crippen molar-refractivity contribution < 1.29 is 9.59 Å². The Hall–Kier alpha value is -1.29. The summed E-state index contributed by atoms with van der Waals surface area (Å²) in [5, 5.41) is 2.54. The van der Waals surface area contributed by atoms with Gasteiger partial charge in [0.15, 0.2) is 0 Å². The van der Waals surface area contributed by atoms with Crippen LogP contribution < -0.4 is 5.32 Å². The maximum absolute atomic E-state index is 12.5. The molecule has 3 nitrogen and oxygen atoms in total. The van der Waals surface area contributed by atoms with Crippen LogP contribution in [-0.4, -0.2) is 23.3 Å². The van der Waals surface area contributed by atoms with Crippen LogP contribution in [0.1, 0.15) is 36.3 Å². The van der Waals surface area contributed by atoms with E-state index in [1.54, 1.807) is 0 Å². The predicted octanol–water partition coefficient (Wildman–Crippen LogP) is 2.64. The Bertz CT molecular complexity index is 549. The van der Waals surface area contributed by atoms with Crippen molar-refractivity contribution in [2.24, 2.45) is 5.41 Å². The topological polar surface area (TPSA) is 46.2 Å². The van der Waals surface area contributed by atoms with Gasteiger partial charge in [-0.1, -0.05) is 24.3 Å². The van der Waals surface area contributed by atoms with E-state index >= 15 is 0 Å². The average Bonchev–Trinajstić information content (AvgIpc) is 2.41. The van der Waals surface area contributed by atoms with Crippen molar-refractivity contribution >= 4 is 23.6 Å². The second-order valence-electron chi connectivity index (χ2n) is 5.85. The zero-order valence-corrected chi connectivity index (χ0v) is 12.5. The molecule has 20 heavy (non-hydrogen) atoms. The number of amides is 2. The van der Waals surface area contributed by atoms with E-state index in [2.05, 4.69) is 5.32 Å². The number of carbonyl (C=O) groups excluding carboxylic acids is 2. The molecular weight excluding hydrogens is 270 g/mol. The quantitative estimate of drug-likeness (QED) is 0.808. The molecule has 1 spiro atoms. The van der Waals surface area contributed by atoms with Crippen LogP contribution in [0, 0.1) is 12.3 Å². The van der Waals surface area contributed by atoms with Gasteiger partial charge in [-0.2, -0.15) is 11.8 Å². The SMILES string of the molecule is Cc1ccccc1C1C(=O)NC(=O)CC12CCSCC2. The number of nitrogens with one attached hydrogen (secondary N) is 1. The standard InChI is InChI=1S/C16H19NO2S/c1-11-4-2-3-5-12(11)14-15(19)17-13(18)10-16(14)6-8-20-9-7-16/h2-5,14H,6-10H2,1H3,(H,17,18,19). The third kappa shape index (κ3) is 2.26. The highest BCUT2D eigenvalue weighted by molar-refractivity contribution is 7.99. The number of hydrogen-bond acceptors (Lipinski definition) is 3. The molecule has 2 aliphatic heterocycles. The number of carbonyl (C=O) groups is 2. The summed E-state index contributed by atoms with van der Waals surface area (Å²) in [4.78, 5) is 24.4. The van der Waals surface area contributed by atoms with Gasteiger partial charge in [0.05, 0.1) is 5.92 Å². The van der Waals surface area contributed by atoms with E-state index in [0.29, 0.717) is 6.42 Å². The summed E-state index contributed by atoms with van der Waals surface area (Å²) in [5.41, 5.74) is 2.06. The first kappa shape index (κ1) is 13.7. The van der Waals surface area contributed by atoms with Crippen LogP contribution in [0.3, 0.4) is 0 Å². The minimum Gasteiger partial charge on any atom is -0.296 e. The summed E-state index contributed by atoms with van der Waals surface area (Å²) in [6.07, 6.45) is 2.39. The molecule has 1 aromatic carbocycles. The third-order valence-electron chi connectivity index (χ3n) is 4.64. The maximum atomic E-state index is 12.5. The largest absolute Gasteiger partial charge is 0.296 e. The molecule has 4 heteroatoms. The van der Waals surface area contributed by atoms with Crippen LogP contribution in [0.2, 0.25) is 0 Å². The van der Waals surface area contributed by atoms with Crippen LogP contribution in [0.4, 0.5) is 0 Å². The van der Waals surface area contributed by atoms with Crippen molar-refractivity contribution in [3.05, 3.63) is 35.4 Å². The van der Waals surface area contributed by atoms with E-state index in [0.717, 1.165) is 35.5 Å². The van der Waals surface area contributed by atoms with Crippen LogP contribution in [-0.2, 0) is 9.59 Å². The Labute approximate surface area is 123 Å². The Morgan fingerprint density at radius 3 is 2.60 bits per heavy atom. The molecule has 1 unspecified atom stereocenters. The molecule has 0 aliphatic carbocycles. The molecule has 106 valence electrons. The van der Waals surface area contributed by atoms with Crippen molar-refractivity contribution in [1.82, 2.24) is 5.32 Å². The monoisotopic (exact) mass is 289 g/mol. The Morgan fingerprint density at radius 1 is 1.20 bits per heavy atom. The molecule has 0 aromatic heterocycles. The number of rotatable bonds is 1. The summed E-state index contributed by atoms with van der Waals surface area (Å²) >= 11 is 1.92. The summed E-state index contributed by atoms with van der Waals surface area (Å²) in [6, 6.07) is 8.06. The highest BCUT2D eigenvalue weighted by atomic mass is 32.2. The lowest BCUT2D eigenvalue weighted by molar-refractivity contribution is -0.140. The molecule has 0 saturated carbocycles. The molecular formula is C16H19NO2S. The fraction of sp³-hybridized carbons (Fsp3) is 0.500. The van der Waals surface area contributed by atoms with Crippen molar-refractivity contribution in [2.75, 3.05) is 11.5 Å². The van der Waals surface area contributed by atoms with Gasteiger partial charge in [0.1, 0.15) is 0 Å². The number of thioether (sulfide) groups is 1. The van der Waals surface area contributed by atoms with Gasteiger partial charge >= 0.3 is 0 Å². The lowest BCUT2D eigenvalue weighted by atomic mass is 9.63. The fourth-order valence-corrected chi connectivity index (χ4v) is 4.88. The number of imide groups is 1. The molecule has 2 fully saturated rings. The second-order valence-corrected chi connectivity index (χ2v) is 7.08. The highest BCUT2D eigenvalue weighted by Crippen LogP contribution is 2.51. The van der Waals surface area contributed by atoms with Gasteiger partial charge in [0.2, 0.25) is 11.8 Å². The number of benzene rings is 1. The van der Waals surface area contributed by atoms with Gasteiger partial charge in [-0.15, -0.1) is 0 Å². The molecule has 1 atom stereocenters. The van der Waals surface area contributed by atoms with Crippen LogP contribution in [0.5, 0.6) is 0 Å². The van der Waals surface area contributed by atoms with Crippen LogP contribution >= 0.6 is 11.8 Å². The maximum Gasteiger partial charge on any atom is 0.234 e. The minimum atomic E-state index is -0.178. The summed E-state index contributed by atoms with van der Waals surface area (Å²) in [6.45, 7) is 2.05. The van der Waals surface area contributed by atoms with Gasteiger partial charge in [-0.25, -0.2) is 0 Å². The van der Waals surface area contributed by atoms with Gasteiger partial charge in [0, 0.05) is 6.42 Å². The van der Waals surface area contributed by atoms with E-state index in [1.807, 2.05) is 43.0 Å². The van der Waals surface area contributed by atoms with Crippen molar-refractivity contribution in [3.63, 3.8) is 0 Å². The number of hydrogen-bond donors (Lipinski definition) is 1. The molecule has 3 rings (SSSR count). The zero-order valence-electron chi connectivity index (χ0n) is 11.6. The normalized spacial score (nSPS) is 25.6. The Morgan fingerprint density at radius 2 is 1.90 bits per heavy atom. The number of aryl methyl sites for hydroxylation is 1. The van der Waals surface area contributed by atoms with Crippen molar-refractivity contribution in [2.45, 2.75) is 32.1 Å². The van der Waals surface area contributed by atoms with Gasteiger partial charge < -0.3 is 0 Å². The lowest BCUT2D eigenvalue weighted by Crippen LogP contribution is -2.52.